The van der Waals surface area contributed by atoms with Gasteiger partial charge in [-0.15, -0.1) is 0 Å². The fourth-order valence-electron chi connectivity index (χ4n) is 4.30. The van der Waals surface area contributed by atoms with Gasteiger partial charge in [-0.2, -0.15) is 0 Å². The molecule has 4 N–H and O–H groups in total. The van der Waals surface area contributed by atoms with Crippen LogP contribution >= 0.6 is 11.6 Å². The fourth-order valence-corrected chi connectivity index (χ4v) is 4.48. The molecular formula is C24H29ClO8. The third-order valence-corrected chi connectivity index (χ3v) is 6.58. The summed E-state index contributed by atoms with van der Waals surface area (Å²) in [6, 6.07) is 12.7. The first-order chi connectivity index (χ1) is 15.9. The molecule has 4 rings (SSSR count). The van der Waals surface area contributed by atoms with E-state index in [2.05, 4.69) is 0 Å². The standard InChI is InChI=1S/C24H29ClO8/c1-30-24(23(29)22(28)21(27)20(12-26)33-24)16-4-7-19(25)15(11-16)10-14-2-5-17(6-3-14)32-18-8-9-31-13-18/h2-7,11,18,20-23,26-29H,8-10,12-13H2,1H3/t18?,20-,21-,22+,23-,24+/m1/s1. The van der Waals surface area contributed by atoms with Crippen LogP contribution < -0.4 is 4.74 Å². The predicted octanol–water partition coefficient (Wildman–Crippen LogP) is 1.37. The highest BCUT2D eigenvalue weighted by atomic mass is 35.5. The number of rotatable bonds is 7. The summed E-state index contributed by atoms with van der Waals surface area (Å²) in [6.45, 7) is 0.758. The fraction of sp³-hybridized carbons (Fsp3) is 0.500. The van der Waals surface area contributed by atoms with Crippen LogP contribution in [0, 0.1) is 0 Å². The van der Waals surface area contributed by atoms with Gasteiger partial charge >= 0.3 is 0 Å². The first kappa shape index (κ1) is 24.4. The van der Waals surface area contributed by atoms with Crippen molar-refractivity contribution in [1.82, 2.24) is 0 Å². The van der Waals surface area contributed by atoms with E-state index in [1.165, 1.54) is 7.11 Å². The minimum atomic E-state index is -1.79. The number of aliphatic hydroxyl groups is 4. The average molecular weight is 481 g/mol. The molecule has 0 amide bonds. The molecule has 2 saturated heterocycles. The van der Waals surface area contributed by atoms with Gasteiger partial charge in [0.1, 0.15) is 36.3 Å². The summed E-state index contributed by atoms with van der Waals surface area (Å²) in [5.74, 6) is -1.01. The van der Waals surface area contributed by atoms with Crippen LogP contribution in [0.15, 0.2) is 42.5 Å². The van der Waals surface area contributed by atoms with Gasteiger partial charge in [-0.3, -0.25) is 0 Å². The number of aliphatic hydroxyl groups excluding tert-OH is 4. The Hall–Kier alpha value is -1.75. The van der Waals surface area contributed by atoms with Crippen molar-refractivity contribution >= 4 is 11.6 Å². The summed E-state index contributed by atoms with van der Waals surface area (Å²) in [5, 5.41) is 41.3. The van der Waals surface area contributed by atoms with Crippen molar-refractivity contribution in [2.75, 3.05) is 26.9 Å². The van der Waals surface area contributed by atoms with Crippen molar-refractivity contribution in [1.29, 1.82) is 0 Å². The minimum Gasteiger partial charge on any atom is -0.488 e. The number of ether oxygens (including phenoxy) is 4. The summed E-state index contributed by atoms with van der Waals surface area (Å²) in [4.78, 5) is 0. The van der Waals surface area contributed by atoms with Gasteiger partial charge in [0.25, 0.3) is 0 Å². The maximum absolute atomic E-state index is 10.7. The molecule has 2 aliphatic heterocycles. The number of benzene rings is 2. The van der Waals surface area contributed by atoms with E-state index in [9.17, 15) is 20.4 Å². The highest BCUT2D eigenvalue weighted by molar-refractivity contribution is 6.31. The number of halogens is 1. The maximum atomic E-state index is 10.7. The molecule has 0 spiro atoms. The minimum absolute atomic E-state index is 0.0748. The predicted molar refractivity (Wildman–Crippen MR) is 119 cm³/mol. The molecule has 6 atom stereocenters. The Kier molecular flexibility index (Phi) is 7.57. The van der Waals surface area contributed by atoms with Crippen molar-refractivity contribution in [3.05, 3.63) is 64.2 Å². The van der Waals surface area contributed by atoms with E-state index >= 15 is 0 Å². The van der Waals surface area contributed by atoms with E-state index < -0.39 is 36.8 Å². The Bertz CT molecular complexity index is 931. The van der Waals surface area contributed by atoms with Crippen molar-refractivity contribution < 1.29 is 39.4 Å². The third-order valence-electron chi connectivity index (χ3n) is 6.21. The lowest BCUT2D eigenvalue weighted by molar-refractivity contribution is -0.366. The summed E-state index contributed by atoms with van der Waals surface area (Å²) in [7, 11) is 1.32. The lowest BCUT2D eigenvalue weighted by atomic mass is 9.87. The van der Waals surface area contributed by atoms with Gasteiger partial charge in [-0.1, -0.05) is 29.8 Å². The molecule has 33 heavy (non-hydrogen) atoms. The van der Waals surface area contributed by atoms with Crippen LogP contribution in [-0.2, 0) is 26.4 Å². The number of methoxy groups -OCH3 is 1. The third kappa shape index (κ3) is 4.89. The first-order valence-corrected chi connectivity index (χ1v) is 11.3. The van der Waals surface area contributed by atoms with E-state index in [0.717, 1.165) is 23.3 Å². The van der Waals surface area contributed by atoms with Crippen molar-refractivity contribution in [2.24, 2.45) is 0 Å². The molecule has 2 aromatic rings. The summed E-state index contributed by atoms with van der Waals surface area (Å²) in [5.41, 5.74) is 2.15. The van der Waals surface area contributed by atoms with Crippen LogP contribution in [0.3, 0.4) is 0 Å². The Morgan fingerprint density at radius 1 is 1.09 bits per heavy atom. The van der Waals surface area contributed by atoms with E-state index in [-0.39, 0.29) is 6.10 Å². The second kappa shape index (κ2) is 10.2. The zero-order valence-corrected chi connectivity index (χ0v) is 19.0. The summed E-state index contributed by atoms with van der Waals surface area (Å²) >= 11 is 6.45. The topological polar surface area (TPSA) is 118 Å². The summed E-state index contributed by atoms with van der Waals surface area (Å²) in [6.07, 6.45) is -4.33. The van der Waals surface area contributed by atoms with Crippen LogP contribution in [0.4, 0.5) is 0 Å². The number of hydrogen-bond donors (Lipinski definition) is 4. The highest BCUT2D eigenvalue weighted by Gasteiger charge is 2.55. The zero-order valence-electron chi connectivity index (χ0n) is 18.3. The normalized spacial score (nSPS) is 32.1. The molecule has 2 aliphatic rings. The van der Waals surface area contributed by atoms with Gasteiger partial charge in [0, 0.05) is 24.1 Å². The van der Waals surface area contributed by atoms with Gasteiger partial charge in [-0.25, -0.2) is 0 Å². The lowest BCUT2D eigenvalue weighted by Gasteiger charge is -2.47. The lowest BCUT2D eigenvalue weighted by Crippen LogP contribution is -2.64. The molecule has 2 aromatic carbocycles. The molecule has 8 nitrogen and oxygen atoms in total. The Balaban J connectivity index is 1.57. The Morgan fingerprint density at radius 2 is 1.85 bits per heavy atom. The second-order valence-electron chi connectivity index (χ2n) is 8.37. The SMILES string of the molecule is CO[C@@]1(c2ccc(Cl)c(Cc3ccc(OC4CCOC4)cc3)c2)O[C@H](CO)[C@@H](O)[C@H](O)[C@H]1O. The van der Waals surface area contributed by atoms with Crippen molar-refractivity contribution in [3.8, 4) is 5.75 Å². The van der Waals surface area contributed by atoms with Gasteiger partial charge in [0.2, 0.25) is 5.79 Å². The molecule has 0 aromatic heterocycles. The average Bonchev–Trinajstić information content (AvgIpc) is 3.34. The molecule has 1 unspecified atom stereocenters. The molecular weight excluding hydrogens is 452 g/mol. The van der Waals surface area contributed by atoms with Crippen LogP contribution in [0.1, 0.15) is 23.1 Å². The van der Waals surface area contributed by atoms with E-state index in [0.29, 0.717) is 30.2 Å². The largest absolute Gasteiger partial charge is 0.488 e. The molecule has 0 radical (unpaired) electrons. The van der Waals surface area contributed by atoms with Gasteiger partial charge in [-0.05, 0) is 41.8 Å². The van der Waals surface area contributed by atoms with Crippen LogP contribution in [-0.4, -0.2) is 77.9 Å². The van der Waals surface area contributed by atoms with E-state index in [1.807, 2.05) is 24.3 Å². The van der Waals surface area contributed by atoms with Crippen LogP contribution in [0.25, 0.3) is 0 Å². The summed E-state index contributed by atoms with van der Waals surface area (Å²) < 4.78 is 22.5. The molecule has 2 fully saturated rings. The molecule has 0 bridgehead atoms. The van der Waals surface area contributed by atoms with E-state index in [4.69, 9.17) is 30.5 Å². The van der Waals surface area contributed by atoms with Crippen LogP contribution in [0.5, 0.6) is 5.75 Å². The molecule has 9 heteroatoms. The molecule has 0 aliphatic carbocycles. The van der Waals surface area contributed by atoms with Gasteiger partial charge in [0.05, 0.1) is 19.8 Å². The van der Waals surface area contributed by atoms with E-state index in [1.54, 1.807) is 18.2 Å². The Morgan fingerprint density at radius 3 is 2.48 bits per heavy atom. The smallest absolute Gasteiger partial charge is 0.224 e. The van der Waals surface area contributed by atoms with Crippen LogP contribution in [0.2, 0.25) is 5.02 Å². The molecule has 180 valence electrons. The first-order valence-electron chi connectivity index (χ1n) is 10.9. The van der Waals surface area contributed by atoms with Gasteiger partial charge < -0.3 is 39.4 Å². The van der Waals surface area contributed by atoms with Crippen molar-refractivity contribution in [2.45, 2.75) is 49.1 Å². The maximum Gasteiger partial charge on any atom is 0.224 e. The number of hydrogen-bond acceptors (Lipinski definition) is 8. The highest BCUT2D eigenvalue weighted by Crippen LogP contribution is 2.40. The Labute approximate surface area is 197 Å². The monoisotopic (exact) mass is 480 g/mol. The van der Waals surface area contributed by atoms with Gasteiger partial charge in [0.15, 0.2) is 0 Å². The molecule has 0 saturated carbocycles. The quantitative estimate of drug-likeness (QED) is 0.469. The van der Waals surface area contributed by atoms with Crippen molar-refractivity contribution in [3.63, 3.8) is 0 Å². The molecule has 2 heterocycles. The zero-order chi connectivity index (χ0) is 23.6. The second-order valence-corrected chi connectivity index (χ2v) is 8.77.